The van der Waals surface area contributed by atoms with Crippen molar-refractivity contribution in [3.8, 4) is 0 Å². The number of ether oxygens (including phenoxy) is 1. The minimum Gasteiger partial charge on any atom is -0.396 e. The molecule has 94 valence electrons. The van der Waals surface area contributed by atoms with Gasteiger partial charge < -0.3 is 9.84 Å². The normalized spacial score (nSPS) is 32.8. The summed E-state index contributed by atoms with van der Waals surface area (Å²) in [5.74, 6) is 1.50. The van der Waals surface area contributed by atoms with Crippen LogP contribution in [0.25, 0.3) is 0 Å². The zero-order chi connectivity index (χ0) is 11.2. The van der Waals surface area contributed by atoms with Crippen LogP contribution in [0.1, 0.15) is 32.1 Å². The second-order valence-corrected chi connectivity index (χ2v) is 5.31. The van der Waals surface area contributed by atoms with Gasteiger partial charge in [0.15, 0.2) is 0 Å². The van der Waals surface area contributed by atoms with E-state index in [2.05, 4.69) is 4.90 Å². The Kier molecular flexibility index (Phi) is 5.07. The van der Waals surface area contributed by atoms with Crippen molar-refractivity contribution >= 4 is 0 Å². The number of nitrogens with zero attached hydrogens (tertiary/aromatic N) is 1. The first-order valence-corrected chi connectivity index (χ1v) is 6.79. The van der Waals surface area contributed by atoms with Crippen LogP contribution < -0.4 is 0 Å². The third-order valence-corrected chi connectivity index (χ3v) is 4.18. The Bertz CT molecular complexity index is 184. The van der Waals surface area contributed by atoms with E-state index in [1.807, 2.05) is 0 Å². The SMILES string of the molecule is OCC1CCC(CCN2CCOCC2)CC1. The molecule has 1 N–H and O–H groups in total. The monoisotopic (exact) mass is 227 g/mol. The lowest BCUT2D eigenvalue weighted by Crippen LogP contribution is -2.37. The topological polar surface area (TPSA) is 32.7 Å². The van der Waals surface area contributed by atoms with Crippen LogP contribution in [0.4, 0.5) is 0 Å². The molecule has 0 amide bonds. The first-order valence-electron chi connectivity index (χ1n) is 6.79. The molecule has 0 atom stereocenters. The molecule has 0 unspecified atom stereocenters. The Morgan fingerprint density at radius 2 is 1.62 bits per heavy atom. The number of aliphatic hydroxyl groups excluding tert-OH is 1. The molecule has 3 nitrogen and oxygen atoms in total. The van der Waals surface area contributed by atoms with Crippen molar-refractivity contribution in [2.45, 2.75) is 32.1 Å². The van der Waals surface area contributed by atoms with Gasteiger partial charge in [0.25, 0.3) is 0 Å². The second kappa shape index (κ2) is 6.58. The van der Waals surface area contributed by atoms with Crippen LogP contribution in [0.15, 0.2) is 0 Å². The zero-order valence-electron chi connectivity index (χ0n) is 10.2. The molecule has 3 heteroatoms. The third-order valence-electron chi connectivity index (χ3n) is 4.18. The molecule has 16 heavy (non-hydrogen) atoms. The van der Waals surface area contributed by atoms with Gasteiger partial charge in [0.05, 0.1) is 13.2 Å². The van der Waals surface area contributed by atoms with E-state index in [0.717, 1.165) is 32.2 Å². The van der Waals surface area contributed by atoms with Crippen LogP contribution in [-0.2, 0) is 4.74 Å². The summed E-state index contributed by atoms with van der Waals surface area (Å²) >= 11 is 0. The maximum atomic E-state index is 9.09. The number of hydrogen-bond donors (Lipinski definition) is 1. The average Bonchev–Trinajstić information content (AvgIpc) is 2.38. The molecule has 1 heterocycles. The number of morpholine rings is 1. The van der Waals surface area contributed by atoms with E-state index in [4.69, 9.17) is 9.84 Å². The molecule has 1 aliphatic heterocycles. The summed E-state index contributed by atoms with van der Waals surface area (Å²) in [4.78, 5) is 2.53. The molecule has 2 rings (SSSR count). The summed E-state index contributed by atoms with van der Waals surface area (Å²) in [6.07, 6.45) is 6.48. The van der Waals surface area contributed by atoms with Crippen LogP contribution >= 0.6 is 0 Å². The van der Waals surface area contributed by atoms with E-state index in [-0.39, 0.29) is 0 Å². The predicted octanol–water partition coefficient (Wildman–Crippen LogP) is 1.51. The fraction of sp³-hybridized carbons (Fsp3) is 1.00. The fourth-order valence-electron chi connectivity index (χ4n) is 2.89. The summed E-state index contributed by atoms with van der Waals surface area (Å²) in [6, 6.07) is 0. The van der Waals surface area contributed by atoms with Crippen LogP contribution in [-0.4, -0.2) is 49.5 Å². The van der Waals surface area contributed by atoms with Gasteiger partial charge in [0, 0.05) is 19.7 Å². The molecule has 1 saturated heterocycles. The van der Waals surface area contributed by atoms with Crippen molar-refractivity contribution in [2.24, 2.45) is 11.8 Å². The van der Waals surface area contributed by atoms with Gasteiger partial charge in [0.1, 0.15) is 0 Å². The average molecular weight is 227 g/mol. The summed E-state index contributed by atoms with van der Waals surface area (Å²) in [7, 11) is 0. The number of rotatable bonds is 4. The minimum atomic E-state index is 0.399. The van der Waals surface area contributed by atoms with E-state index in [1.165, 1.54) is 38.6 Å². The van der Waals surface area contributed by atoms with Crippen molar-refractivity contribution in [1.29, 1.82) is 0 Å². The van der Waals surface area contributed by atoms with Crippen molar-refractivity contribution in [3.05, 3.63) is 0 Å². The van der Waals surface area contributed by atoms with Crippen molar-refractivity contribution in [3.63, 3.8) is 0 Å². The zero-order valence-corrected chi connectivity index (χ0v) is 10.2. The Balaban J connectivity index is 1.59. The molecule has 0 aromatic rings. The van der Waals surface area contributed by atoms with Crippen molar-refractivity contribution < 1.29 is 9.84 Å². The largest absolute Gasteiger partial charge is 0.396 e. The molecular formula is C13H25NO2. The second-order valence-electron chi connectivity index (χ2n) is 5.31. The molecule has 2 fully saturated rings. The molecule has 2 aliphatic rings. The van der Waals surface area contributed by atoms with Crippen LogP contribution in [0.2, 0.25) is 0 Å². The highest BCUT2D eigenvalue weighted by molar-refractivity contribution is 4.73. The number of hydrogen-bond acceptors (Lipinski definition) is 3. The van der Waals surface area contributed by atoms with Gasteiger partial charge >= 0.3 is 0 Å². The molecule has 0 aromatic carbocycles. The summed E-state index contributed by atoms with van der Waals surface area (Å²) < 4.78 is 5.35. The van der Waals surface area contributed by atoms with Crippen LogP contribution in [0, 0.1) is 11.8 Å². The predicted molar refractivity (Wildman–Crippen MR) is 64.4 cm³/mol. The van der Waals surface area contributed by atoms with E-state index >= 15 is 0 Å². The molecule has 0 spiro atoms. The van der Waals surface area contributed by atoms with Gasteiger partial charge in [-0.1, -0.05) is 12.8 Å². The Morgan fingerprint density at radius 1 is 1.00 bits per heavy atom. The lowest BCUT2D eigenvalue weighted by Gasteiger charge is -2.31. The van der Waals surface area contributed by atoms with Crippen LogP contribution in [0.3, 0.4) is 0 Å². The first-order chi connectivity index (χ1) is 7.88. The molecule has 0 radical (unpaired) electrons. The lowest BCUT2D eigenvalue weighted by molar-refractivity contribution is 0.0337. The van der Waals surface area contributed by atoms with Gasteiger partial charge in [-0.05, 0) is 37.6 Å². The fourth-order valence-corrected chi connectivity index (χ4v) is 2.89. The number of aliphatic hydroxyl groups is 1. The quantitative estimate of drug-likeness (QED) is 0.790. The van der Waals surface area contributed by atoms with E-state index in [0.29, 0.717) is 12.5 Å². The van der Waals surface area contributed by atoms with Crippen LogP contribution in [0.5, 0.6) is 0 Å². The van der Waals surface area contributed by atoms with Gasteiger partial charge in [-0.25, -0.2) is 0 Å². The van der Waals surface area contributed by atoms with E-state index in [9.17, 15) is 0 Å². The summed E-state index contributed by atoms with van der Waals surface area (Å²) in [5, 5.41) is 9.09. The van der Waals surface area contributed by atoms with Gasteiger partial charge in [-0.3, -0.25) is 4.90 Å². The minimum absolute atomic E-state index is 0.399. The maximum Gasteiger partial charge on any atom is 0.0594 e. The van der Waals surface area contributed by atoms with E-state index < -0.39 is 0 Å². The van der Waals surface area contributed by atoms with Gasteiger partial charge in [-0.15, -0.1) is 0 Å². The Morgan fingerprint density at radius 3 is 2.25 bits per heavy atom. The molecule has 0 aromatic heterocycles. The van der Waals surface area contributed by atoms with E-state index in [1.54, 1.807) is 0 Å². The van der Waals surface area contributed by atoms with Gasteiger partial charge in [0.2, 0.25) is 0 Å². The molecule has 1 aliphatic carbocycles. The highest BCUT2D eigenvalue weighted by Crippen LogP contribution is 2.30. The Hall–Kier alpha value is -0.120. The van der Waals surface area contributed by atoms with Gasteiger partial charge in [-0.2, -0.15) is 0 Å². The lowest BCUT2D eigenvalue weighted by atomic mass is 9.81. The summed E-state index contributed by atoms with van der Waals surface area (Å²) in [5.41, 5.74) is 0. The Labute approximate surface area is 98.8 Å². The molecule has 1 saturated carbocycles. The highest BCUT2D eigenvalue weighted by atomic mass is 16.5. The van der Waals surface area contributed by atoms with Crippen molar-refractivity contribution in [2.75, 3.05) is 39.5 Å². The van der Waals surface area contributed by atoms with Crippen molar-refractivity contribution in [1.82, 2.24) is 4.90 Å². The highest BCUT2D eigenvalue weighted by Gasteiger charge is 2.21. The first kappa shape index (κ1) is 12.3. The molecular weight excluding hydrogens is 202 g/mol. The maximum absolute atomic E-state index is 9.09. The smallest absolute Gasteiger partial charge is 0.0594 e. The summed E-state index contributed by atoms with van der Waals surface area (Å²) in [6.45, 7) is 5.71. The molecule has 0 bridgehead atoms. The third kappa shape index (κ3) is 3.72. The standard InChI is InChI=1S/C13H25NO2/c15-11-13-3-1-12(2-4-13)5-6-14-7-9-16-10-8-14/h12-13,15H,1-11H2.